The molecule has 1 rings (SSSR count). The fourth-order valence-electron chi connectivity index (χ4n) is 1.38. The van der Waals surface area contributed by atoms with Crippen molar-refractivity contribution in [3.8, 4) is 0 Å². The molecule has 0 saturated heterocycles. The van der Waals surface area contributed by atoms with Crippen LogP contribution in [0.1, 0.15) is 5.56 Å². The van der Waals surface area contributed by atoms with E-state index in [9.17, 15) is 18.0 Å². The van der Waals surface area contributed by atoms with Gasteiger partial charge in [-0.1, -0.05) is 12.1 Å². The molecule has 0 heterocycles. The van der Waals surface area contributed by atoms with Crippen LogP contribution in [-0.4, -0.2) is 30.4 Å². The number of hydrogen-bond acceptors (Lipinski definition) is 2. The van der Waals surface area contributed by atoms with Gasteiger partial charge in [0.05, 0.1) is 17.8 Å². The lowest BCUT2D eigenvalue weighted by Crippen LogP contribution is -2.38. The van der Waals surface area contributed by atoms with Gasteiger partial charge in [0.2, 0.25) is 0 Å². The minimum Gasteiger partial charge on any atom is -0.386 e. The summed E-state index contributed by atoms with van der Waals surface area (Å²) in [4.78, 5) is 12.6. The number of likely N-dealkylation sites (N-methyl/N-ethyl adjacent to an activating group) is 1. The second kappa shape index (κ2) is 5.59. The number of carbonyl (C=O) groups is 1. The summed E-state index contributed by atoms with van der Waals surface area (Å²) in [5, 5.41) is 9.15. The number of urea groups is 1. The van der Waals surface area contributed by atoms with E-state index in [-0.39, 0.29) is 18.1 Å². The third kappa shape index (κ3) is 4.16. The van der Waals surface area contributed by atoms with E-state index >= 15 is 0 Å². The Hall–Kier alpha value is -2.25. The number of hydrogen-bond donors (Lipinski definition) is 3. The third-order valence-electron chi connectivity index (χ3n) is 2.23. The highest BCUT2D eigenvalue weighted by molar-refractivity contribution is 5.93. The zero-order chi connectivity index (χ0) is 14.6. The minimum atomic E-state index is -4.55. The highest BCUT2D eigenvalue weighted by Gasteiger charge is 2.33. The average Bonchev–Trinajstić information content (AvgIpc) is 2.27. The van der Waals surface area contributed by atoms with Crippen LogP contribution in [0.4, 0.5) is 23.7 Å². The molecule has 0 aliphatic rings. The van der Waals surface area contributed by atoms with Crippen LogP contribution in [0.2, 0.25) is 0 Å². The molecule has 1 aromatic carbocycles. The fourth-order valence-corrected chi connectivity index (χ4v) is 1.38. The lowest BCUT2D eigenvalue weighted by molar-refractivity contribution is -0.136. The van der Waals surface area contributed by atoms with Crippen molar-refractivity contribution in [2.45, 2.75) is 6.18 Å². The number of benzene rings is 1. The number of alkyl halides is 3. The topological polar surface area (TPSA) is 82.2 Å². The molecule has 0 aliphatic carbocycles. The number of nitrogens with two attached hydrogens (primary N) is 1. The molecule has 1 aromatic rings. The maximum Gasteiger partial charge on any atom is 0.418 e. The second-order valence-electron chi connectivity index (χ2n) is 3.85. The summed E-state index contributed by atoms with van der Waals surface area (Å²) in [6.07, 6.45) is -4.55. The Kier molecular flexibility index (Phi) is 4.36. The van der Waals surface area contributed by atoms with E-state index in [1.54, 1.807) is 0 Å². The Labute approximate surface area is 107 Å². The van der Waals surface area contributed by atoms with Gasteiger partial charge in [0.25, 0.3) is 0 Å². The number of halogens is 3. The van der Waals surface area contributed by atoms with E-state index in [4.69, 9.17) is 11.1 Å². The van der Waals surface area contributed by atoms with E-state index in [2.05, 4.69) is 5.32 Å². The molecule has 0 aliphatic heterocycles. The molecule has 4 N–H and O–H groups in total. The van der Waals surface area contributed by atoms with E-state index in [0.717, 1.165) is 17.0 Å². The first-order valence-corrected chi connectivity index (χ1v) is 5.23. The number of para-hydroxylation sites is 1. The van der Waals surface area contributed by atoms with Crippen LogP contribution in [0.3, 0.4) is 0 Å². The van der Waals surface area contributed by atoms with Crippen LogP contribution in [0.5, 0.6) is 0 Å². The zero-order valence-electron chi connectivity index (χ0n) is 10.1. The first kappa shape index (κ1) is 14.8. The lowest BCUT2D eigenvalue weighted by atomic mass is 10.1. The summed E-state index contributed by atoms with van der Waals surface area (Å²) < 4.78 is 38.1. The number of nitrogens with zero attached hydrogens (tertiary/aromatic N) is 1. The highest BCUT2D eigenvalue weighted by atomic mass is 19.4. The molecule has 0 unspecified atom stereocenters. The normalized spacial score (nSPS) is 10.9. The third-order valence-corrected chi connectivity index (χ3v) is 2.23. The molecule has 5 nitrogen and oxygen atoms in total. The van der Waals surface area contributed by atoms with Crippen LogP contribution >= 0.6 is 0 Å². The van der Waals surface area contributed by atoms with Gasteiger partial charge in [0, 0.05) is 7.05 Å². The van der Waals surface area contributed by atoms with Gasteiger partial charge < -0.3 is 16.0 Å². The van der Waals surface area contributed by atoms with Crippen molar-refractivity contribution in [2.75, 3.05) is 18.9 Å². The molecule has 0 bridgehead atoms. The minimum absolute atomic E-state index is 0.167. The van der Waals surface area contributed by atoms with Crippen LogP contribution in [0, 0.1) is 5.41 Å². The van der Waals surface area contributed by atoms with Gasteiger partial charge in [-0.3, -0.25) is 5.41 Å². The predicted octanol–water partition coefficient (Wildman–Crippen LogP) is 2.11. The molecular formula is C11H13F3N4O. The number of anilines is 1. The van der Waals surface area contributed by atoms with Crippen molar-refractivity contribution in [3.05, 3.63) is 29.8 Å². The molecule has 0 saturated carbocycles. The van der Waals surface area contributed by atoms with Gasteiger partial charge in [0.1, 0.15) is 5.84 Å². The molecular weight excluding hydrogens is 261 g/mol. The Morgan fingerprint density at radius 3 is 2.53 bits per heavy atom. The first-order chi connectivity index (χ1) is 8.71. The summed E-state index contributed by atoms with van der Waals surface area (Å²) in [6.45, 7) is -0.167. The number of carbonyl (C=O) groups excluding carboxylic acids is 1. The van der Waals surface area contributed by atoms with E-state index in [1.165, 1.54) is 19.2 Å². The predicted molar refractivity (Wildman–Crippen MR) is 65.0 cm³/mol. The number of rotatable bonds is 3. The summed E-state index contributed by atoms with van der Waals surface area (Å²) in [6, 6.07) is 3.88. The van der Waals surface area contributed by atoms with Crippen LogP contribution in [0.15, 0.2) is 24.3 Å². The number of amides is 2. The maximum atomic E-state index is 12.7. The first-order valence-electron chi connectivity index (χ1n) is 5.23. The lowest BCUT2D eigenvalue weighted by Gasteiger charge is -2.19. The molecule has 2 amide bonds. The van der Waals surface area contributed by atoms with Crippen LogP contribution in [-0.2, 0) is 6.18 Å². The molecule has 0 atom stereocenters. The van der Waals surface area contributed by atoms with Crippen LogP contribution < -0.4 is 11.1 Å². The van der Waals surface area contributed by atoms with Gasteiger partial charge in [0.15, 0.2) is 0 Å². The van der Waals surface area contributed by atoms with Gasteiger partial charge >= 0.3 is 12.2 Å². The Bertz CT molecular complexity index is 487. The zero-order valence-corrected chi connectivity index (χ0v) is 10.1. The number of nitrogens with one attached hydrogen (secondary N) is 2. The standard InChI is InChI=1S/C11H13F3N4O/c1-18(6-9(15)16)10(19)17-8-5-3-2-4-7(8)11(12,13)14/h2-5H,6H2,1H3,(H3,15,16)(H,17,19). The second-order valence-corrected chi connectivity index (χ2v) is 3.85. The molecule has 0 aromatic heterocycles. The summed E-state index contributed by atoms with van der Waals surface area (Å²) in [5.41, 5.74) is 3.84. The van der Waals surface area contributed by atoms with Crippen molar-refractivity contribution in [1.29, 1.82) is 5.41 Å². The SMILES string of the molecule is CN(CC(=N)N)C(=O)Nc1ccccc1C(F)(F)F. The van der Waals surface area contributed by atoms with Gasteiger partial charge in [-0.25, -0.2) is 4.79 Å². The van der Waals surface area contributed by atoms with Gasteiger partial charge in [-0.05, 0) is 12.1 Å². The molecule has 104 valence electrons. The quantitative estimate of drug-likeness (QED) is 0.582. The van der Waals surface area contributed by atoms with Gasteiger partial charge in [-0.2, -0.15) is 13.2 Å². The average molecular weight is 274 g/mol. The molecule has 0 spiro atoms. The van der Waals surface area contributed by atoms with Crippen molar-refractivity contribution < 1.29 is 18.0 Å². The van der Waals surface area contributed by atoms with E-state index < -0.39 is 17.8 Å². The van der Waals surface area contributed by atoms with Crippen molar-refractivity contribution >= 4 is 17.6 Å². The molecule has 0 radical (unpaired) electrons. The largest absolute Gasteiger partial charge is 0.418 e. The molecule has 8 heteroatoms. The smallest absolute Gasteiger partial charge is 0.386 e. The fraction of sp³-hybridized carbons (Fsp3) is 0.273. The summed E-state index contributed by atoms with van der Waals surface area (Å²) >= 11 is 0. The molecule has 0 fully saturated rings. The molecule has 19 heavy (non-hydrogen) atoms. The summed E-state index contributed by atoms with van der Waals surface area (Å²) in [5.74, 6) is -0.262. The van der Waals surface area contributed by atoms with E-state index in [0.29, 0.717) is 0 Å². The highest BCUT2D eigenvalue weighted by Crippen LogP contribution is 2.34. The van der Waals surface area contributed by atoms with Crippen LogP contribution in [0.25, 0.3) is 0 Å². The summed E-state index contributed by atoms with van der Waals surface area (Å²) in [7, 11) is 1.33. The van der Waals surface area contributed by atoms with Crippen molar-refractivity contribution in [2.24, 2.45) is 5.73 Å². The monoisotopic (exact) mass is 274 g/mol. The number of amidine groups is 1. The Morgan fingerprint density at radius 2 is 2.00 bits per heavy atom. The Balaban J connectivity index is 2.88. The van der Waals surface area contributed by atoms with Crippen molar-refractivity contribution in [3.63, 3.8) is 0 Å². The van der Waals surface area contributed by atoms with E-state index in [1.807, 2.05) is 0 Å². The van der Waals surface area contributed by atoms with Gasteiger partial charge in [-0.15, -0.1) is 0 Å². The Morgan fingerprint density at radius 1 is 1.42 bits per heavy atom. The maximum absolute atomic E-state index is 12.7. The van der Waals surface area contributed by atoms with Crippen molar-refractivity contribution in [1.82, 2.24) is 4.90 Å².